The molecule has 35 heavy (non-hydrogen) atoms. The smallest absolute Gasteiger partial charge is 0.104 e. The van der Waals surface area contributed by atoms with Crippen LogP contribution in [0.5, 0.6) is 0 Å². The van der Waals surface area contributed by atoms with Gasteiger partial charge in [0.1, 0.15) is 12.2 Å². The fourth-order valence-electron chi connectivity index (χ4n) is 4.65. The maximum Gasteiger partial charge on any atom is 0.104 e. The van der Waals surface area contributed by atoms with Crippen LogP contribution in [-0.4, -0.2) is 50.8 Å². The van der Waals surface area contributed by atoms with E-state index in [0.717, 1.165) is 50.9 Å². The van der Waals surface area contributed by atoms with Gasteiger partial charge < -0.3 is 18.9 Å². The molecule has 0 amide bonds. The summed E-state index contributed by atoms with van der Waals surface area (Å²) in [5, 5.41) is 0. The van der Waals surface area contributed by atoms with Crippen LogP contribution in [0.25, 0.3) is 12.2 Å². The molecule has 0 bridgehead atoms. The molecule has 0 aliphatic carbocycles. The average molecular weight is 477 g/mol. The summed E-state index contributed by atoms with van der Waals surface area (Å²) in [4.78, 5) is 0. The van der Waals surface area contributed by atoms with Crippen molar-refractivity contribution in [2.45, 2.75) is 70.4 Å². The van der Waals surface area contributed by atoms with Crippen molar-refractivity contribution < 1.29 is 18.9 Å². The van der Waals surface area contributed by atoms with E-state index < -0.39 is 0 Å². The highest BCUT2D eigenvalue weighted by atomic mass is 16.6. The van der Waals surface area contributed by atoms with Crippen LogP contribution < -0.4 is 0 Å². The summed E-state index contributed by atoms with van der Waals surface area (Å²) >= 11 is 0. The molecule has 188 valence electrons. The molecule has 4 rings (SSSR count). The molecule has 4 heteroatoms. The van der Waals surface area contributed by atoms with Crippen molar-refractivity contribution in [2.75, 3.05) is 26.4 Å². The van der Waals surface area contributed by atoms with Gasteiger partial charge in [-0.05, 0) is 71.6 Å². The normalized spacial score (nSPS) is 20.3. The van der Waals surface area contributed by atoms with Gasteiger partial charge in [0.25, 0.3) is 0 Å². The number of hydrogen-bond donors (Lipinski definition) is 0. The Morgan fingerprint density at radius 3 is 1.83 bits per heavy atom. The maximum atomic E-state index is 6.32. The molecule has 2 aromatic rings. The first-order valence-corrected chi connectivity index (χ1v) is 13.1. The Labute approximate surface area is 210 Å². The lowest BCUT2D eigenvalue weighted by molar-refractivity contribution is 0.0371. The van der Waals surface area contributed by atoms with Gasteiger partial charge in [0.05, 0.1) is 38.6 Å². The molecule has 0 spiro atoms. The van der Waals surface area contributed by atoms with Crippen molar-refractivity contribution in [3.05, 3.63) is 82.9 Å². The minimum absolute atomic E-state index is 0.131. The quantitative estimate of drug-likeness (QED) is 0.277. The third kappa shape index (κ3) is 7.37. The van der Waals surface area contributed by atoms with Gasteiger partial charge in [-0.1, -0.05) is 69.5 Å². The van der Waals surface area contributed by atoms with Gasteiger partial charge in [0, 0.05) is 0 Å². The highest BCUT2D eigenvalue weighted by molar-refractivity contribution is 5.66. The maximum absolute atomic E-state index is 6.32. The van der Waals surface area contributed by atoms with Crippen LogP contribution in [0.1, 0.15) is 60.1 Å². The van der Waals surface area contributed by atoms with Crippen LogP contribution in [0.3, 0.4) is 0 Å². The summed E-state index contributed by atoms with van der Waals surface area (Å²) in [6, 6.07) is 12.9. The average Bonchev–Trinajstić information content (AvgIpc) is 3.81. The van der Waals surface area contributed by atoms with E-state index in [1.165, 1.54) is 27.8 Å². The highest BCUT2D eigenvalue weighted by Gasteiger charge is 2.27. The van der Waals surface area contributed by atoms with Crippen molar-refractivity contribution in [3.63, 3.8) is 0 Å². The summed E-state index contributed by atoms with van der Waals surface area (Å²) in [5.74, 6) is 0. The van der Waals surface area contributed by atoms with Gasteiger partial charge in [-0.15, -0.1) is 0 Å². The summed E-state index contributed by atoms with van der Waals surface area (Å²) < 4.78 is 23.4. The fraction of sp³-hybridized carbons (Fsp3) is 0.484. The first-order valence-electron chi connectivity index (χ1n) is 13.1. The Balaban J connectivity index is 1.71. The Kier molecular flexibility index (Phi) is 9.33. The molecule has 2 saturated heterocycles. The number of hydrogen-bond acceptors (Lipinski definition) is 4. The van der Waals surface area contributed by atoms with Crippen LogP contribution in [-0.2, 0) is 38.2 Å². The van der Waals surface area contributed by atoms with E-state index in [0.29, 0.717) is 13.2 Å². The SMILES string of the molecule is C=Cc1cc(C=C)c(CC(CC)OCC2CO2)c(CC(CC)OCC2CO2)c1Cc1ccccc1. The fourth-order valence-corrected chi connectivity index (χ4v) is 4.65. The number of rotatable bonds is 16. The van der Waals surface area contributed by atoms with Crippen molar-refractivity contribution in [3.8, 4) is 0 Å². The molecular weight excluding hydrogens is 436 g/mol. The number of epoxide rings is 2. The van der Waals surface area contributed by atoms with Crippen LogP contribution >= 0.6 is 0 Å². The van der Waals surface area contributed by atoms with Gasteiger partial charge in [-0.3, -0.25) is 0 Å². The second-order valence-corrected chi connectivity index (χ2v) is 9.61. The summed E-state index contributed by atoms with van der Waals surface area (Å²) in [6.45, 7) is 15.7. The monoisotopic (exact) mass is 476 g/mol. The van der Waals surface area contributed by atoms with Crippen molar-refractivity contribution in [1.82, 2.24) is 0 Å². The zero-order valence-electron chi connectivity index (χ0n) is 21.3. The summed E-state index contributed by atoms with van der Waals surface area (Å²) in [6.07, 6.45) is 9.22. The molecule has 2 heterocycles. The van der Waals surface area contributed by atoms with E-state index in [1.54, 1.807) is 0 Å². The van der Waals surface area contributed by atoms with Gasteiger partial charge in [-0.2, -0.15) is 0 Å². The number of ether oxygens (including phenoxy) is 4. The van der Waals surface area contributed by atoms with Gasteiger partial charge >= 0.3 is 0 Å². The zero-order valence-corrected chi connectivity index (χ0v) is 21.3. The molecule has 2 aliphatic rings. The molecule has 0 saturated carbocycles. The molecule has 2 aromatic carbocycles. The van der Waals surface area contributed by atoms with E-state index >= 15 is 0 Å². The lowest BCUT2D eigenvalue weighted by atomic mass is 9.83. The minimum atomic E-state index is 0.131. The van der Waals surface area contributed by atoms with Gasteiger partial charge in [-0.25, -0.2) is 0 Å². The van der Waals surface area contributed by atoms with Crippen LogP contribution in [0.4, 0.5) is 0 Å². The Hall–Kier alpha value is -2.24. The standard InChI is InChI=1S/C31H40O4/c1-5-23-15-24(6-2)30(16-25(7-3)32-18-27-20-34-27)31(17-26(8-4)33-19-28-21-35-28)29(23)14-22-12-10-9-11-13-22/h5-6,9-13,15,25-28H,1-2,7-8,14,16-21H2,3-4H3. The largest absolute Gasteiger partial charge is 0.375 e. The van der Waals surface area contributed by atoms with Gasteiger partial charge in [0.2, 0.25) is 0 Å². The molecule has 4 nitrogen and oxygen atoms in total. The predicted octanol–water partition coefficient (Wildman–Crippen LogP) is 6.04. The predicted molar refractivity (Wildman–Crippen MR) is 143 cm³/mol. The van der Waals surface area contributed by atoms with E-state index in [2.05, 4.69) is 63.4 Å². The molecule has 2 aliphatic heterocycles. The Morgan fingerprint density at radius 2 is 1.34 bits per heavy atom. The molecule has 4 unspecified atom stereocenters. The lowest BCUT2D eigenvalue weighted by Crippen LogP contribution is -2.24. The van der Waals surface area contributed by atoms with Crippen molar-refractivity contribution >= 4 is 12.2 Å². The summed E-state index contributed by atoms with van der Waals surface area (Å²) in [7, 11) is 0. The lowest BCUT2D eigenvalue weighted by Gasteiger charge is -2.26. The van der Waals surface area contributed by atoms with Crippen molar-refractivity contribution in [1.29, 1.82) is 0 Å². The van der Waals surface area contributed by atoms with E-state index in [4.69, 9.17) is 18.9 Å². The topological polar surface area (TPSA) is 43.5 Å². The molecule has 0 N–H and O–H groups in total. The third-order valence-electron chi connectivity index (χ3n) is 7.01. The molecule has 0 radical (unpaired) electrons. The highest BCUT2D eigenvalue weighted by Crippen LogP contribution is 2.32. The number of benzene rings is 2. The van der Waals surface area contributed by atoms with E-state index in [-0.39, 0.29) is 24.4 Å². The first kappa shape index (κ1) is 25.8. The minimum Gasteiger partial charge on any atom is -0.375 e. The Morgan fingerprint density at radius 1 is 0.829 bits per heavy atom. The molecule has 0 aromatic heterocycles. The van der Waals surface area contributed by atoms with E-state index in [1.807, 2.05) is 12.2 Å². The van der Waals surface area contributed by atoms with E-state index in [9.17, 15) is 0 Å². The Bertz CT molecular complexity index is 975. The molecular formula is C31H40O4. The van der Waals surface area contributed by atoms with Crippen LogP contribution in [0.15, 0.2) is 49.6 Å². The molecule has 2 fully saturated rings. The van der Waals surface area contributed by atoms with Crippen molar-refractivity contribution in [2.24, 2.45) is 0 Å². The first-order chi connectivity index (χ1) is 17.1. The zero-order chi connectivity index (χ0) is 24.6. The summed E-state index contributed by atoms with van der Waals surface area (Å²) in [5.41, 5.74) is 7.64. The molecule has 4 atom stereocenters. The third-order valence-corrected chi connectivity index (χ3v) is 7.01. The second-order valence-electron chi connectivity index (χ2n) is 9.61. The van der Waals surface area contributed by atoms with Crippen LogP contribution in [0.2, 0.25) is 0 Å². The van der Waals surface area contributed by atoms with Gasteiger partial charge in [0.15, 0.2) is 0 Å². The van der Waals surface area contributed by atoms with Crippen LogP contribution in [0, 0.1) is 0 Å². The second kappa shape index (κ2) is 12.6.